The molecule has 1 N–H and O–H groups in total. The number of hydrogen-bond donors (Lipinski definition) is 1. The van der Waals surface area contributed by atoms with E-state index in [0.717, 1.165) is 5.39 Å². The van der Waals surface area contributed by atoms with Crippen molar-refractivity contribution < 1.29 is 27.5 Å². The largest absolute Gasteiger partial charge is 0.493 e. The second-order valence-corrected chi connectivity index (χ2v) is 5.78. The van der Waals surface area contributed by atoms with E-state index in [1.54, 1.807) is 30.3 Å². The lowest BCUT2D eigenvalue weighted by Gasteiger charge is -2.11. The van der Waals surface area contributed by atoms with Crippen LogP contribution in [0.15, 0.2) is 46.9 Å². The molecule has 0 atom stereocenters. The number of hydrogen-bond acceptors (Lipinski definition) is 4. The van der Waals surface area contributed by atoms with Gasteiger partial charge in [0.2, 0.25) is 0 Å². The third-order valence-electron chi connectivity index (χ3n) is 3.60. The number of carbonyl (C=O) groups is 1. The van der Waals surface area contributed by atoms with Crippen LogP contribution in [0.5, 0.6) is 11.5 Å². The summed E-state index contributed by atoms with van der Waals surface area (Å²) in [4.78, 5) is 12.2. The van der Waals surface area contributed by atoms with E-state index in [0.29, 0.717) is 16.2 Å². The van der Waals surface area contributed by atoms with Gasteiger partial charge in [0.1, 0.15) is 5.58 Å². The smallest absolute Gasteiger partial charge is 0.387 e. The zero-order chi connectivity index (χ0) is 18.7. The fourth-order valence-electron chi connectivity index (χ4n) is 2.41. The Hall–Kier alpha value is -2.80. The van der Waals surface area contributed by atoms with Gasteiger partial charge in [0.15, 0.2) is 17.3 Å². The van der Waals surface area contributed by atoms with Gasteiger partial charge in [-0.15, -0.1) is 0 Å². The number of halogens is 3. The molecule has 3 aromatic rings. The standard InChI is InChI=1S/C18H14ClF2NO4/c1-24-15-6-10(2-4-14(15)26-18(20)21)9-22-17(23)16-8-11-7-12(19)3-5-13(11)25-16/h2-8,18H,9H2,1H3,(H,22,23). The highest BCUT2D eigenvalue weighted by molar-refractivity contribution is 6.31. The molecule has 0 spiro atoms. The van der Waals surface area contributed by atoms with E-state index in [1.807, 2.05) is 0 Å². The van der Waals surface area contributed by atoms with E-state index >= 15 is 0 Å². The Morgan fingerprint density at radius 2 is 2.00 bits per heavy atom. The van der Waals surface area contributed by atoms with Crippen LogP contribution in [-0.2, 0) is 6.54 Å². The van der Waals surface area contributed by atoms with E-state index in [9.17, 15) is 13.6 Å². The van der Waals surface area contributed by atoms with Crippen LogP contribution in [0.3, 0.4) is 0 Å². The maximum Gasteiger partial charge on any atom is 0.387 e. The Labute approximate surface area is 152 Å². The first-order chi connectivity index (χ1) is 12.5. The Morgan fingerprint density at radius 3 is 2.73 bits per heavy atom. The molecular weight excluding hydrogens is 368 g/mol. The first kappa shape index (κ1) is 18.0. The van der Waals surface area contributed by atoms with E-state index in [1.165, 1.54) is 19.2 Å². The average Bonchev–Trinajstić information content (AvgIpc) is 3.03. The molecule has 0 aliphatic rings. The molecule has 136 valence electrons. The maximum absolute atomic E-state index is 12.3. The molecule has 0 saturated carbocycles. The van der Waals surface area contributed by atoms with Crippen LogP contribution < -0.4 is 14.8 Å². The molecule has 0 unspecified atom stereocenters. The van der Waals surface area contributed by atoms with E-state index in [-0.39, 0.29) is 23.8 Å². The SMILES string of the molecule is COc1cc(CNC(=O)c2cc3cc(Cl)ccc3o2)ccc1OC(F)F. The molecule has 26 heavy (non-hydrogen) atoms. The summed E-state index contributed by atoms with van der Waals surface area (Å²) in [6.07, 6.45) is 0. The van der Waals surface area contributed by atoms with Crippen molar-refractivity contribution in [3.8, 4) is 11.5 Å². The maximum atomic E-state index is 12.3. The summed E-state index contributed by atoms with van der Waals surface area (Å²) in [5.41, 5.74) is 1.20. The summed E-state index contributed by atoms with van der Waals surface area (Å²) in [7, 11) is 1.34. The van der Waals surface area contributed by atoms with Gasteiger partial charge in [0.25, 0.3) is 5.91 Å². The van der Waals surface area contributed by atoms with Crippen molar-refractivity contribution >= 4 is 28.5 Å². The minimum atomic E-state index is -2.95. The number of carbonyl (C=O) groups excluding carboxylic acids is 1. The van der Waals surface area contributed by atoms with Crippen molar-refractivity contribution in [3.63, 3.8) is 0 Å². The van der Waals surface area contributed by atoms with Crippen LogP contribution in [0.4, 0.5) is 8.78 Å². The molecule has 1 heterocycles. The lowest BCUT2D eigenvalue weighted by molar-refractivity contribution is -0.0512. The highest BCUT2D eigenvalue weighted by Gasteiger charge is 2.14. The summed E-state index contributed by atoms with van der Waals surface area (Å²) in [6, 6.07) is 11.1. The van der Waals surface area contributed by atoms with Gasteiger partial charge < -0.3 is 19.2 Å². The molecule has 0 radical (unpaired) electrons. The number of benzene rings is 2. The van der Waals surface area contributed by atoms with Gasteiger partial charge in [0, 0.05) is 17.0 Å². The summed E-state index contributed by atoms with van der Waals surface area (Å²) in [5.74, 6) is -0.196. The highest BCUT2D eigenvalue weighted by Crippen LogP contribution is 2.29. The van der Waals surface area contributed by atoms with Crippen LogP contribution in [0.2, 0.25) is 5.02 Å². The lowest BCUT2D eigenvalue weighted by atomic mass is 10.2. The van der Waals surface area contributed by atoms with Crippen LogP contribution in [0.1, 0.15) is 16.1 Å². The zero-order valence-electron chi connectivity index (χ0n) is 13.6. The number of ether oxygens (including phenoxy) is 2. The Morgan fingerprint density at radius 1 is 1.19 bits per heavy atom. The fourth-order valence-corrected chi connectivity index (χ4v) is 2.59. The van der Waals surface area contributed by atoms with Crippen LogP contribution >= 0.6 is 11.6 Å². The molecule has 8 heteroatoms. The molecule has 1 aromatic heterocycles. The minimum Gasteiger partial charge on any atom is -0.493 e. The van der Waals surface area contributed by atoms with Gasteiger partial charge in [-0.2, -0.15) is 8.78 Å². The zero-order valence-corrected chi connectivity index (χ0v) is 14.3. The Kier molecular flexibility index (Phi) is 5.27. The summed E-state index contributed by atoms with van der Waals surface area (Å²) in [5, 5.41) is 3.96. The molecule has 3 rings (SSSR count). The highest BCUT2D eigenvalue weighted by atomic mass is 35.5. The van der Waals surface area contributed by atoms with Crippen LogP contribution in [0.25, 0.3) is 11.0 Å². The molecule has 0 bridgehead atoms. The lowest BCUT2D eigenvalue weighted by Crippen LogP contribution is -2.22. The van der Waals surface area contributed by atoms with Gasteiger partial charge in [-0.3, -0.25) is 4.79 Å². The quantitative estimate of drug-likeness (QED) is 0.676. The third kappa shape index (κ3) is 4.05. The van der Waals surface area contributed by atoms with Gasteiger partial charge >= 0.3 is 6.61 Å². The molecule has 2 aromatic carbocycles. The van der Waals surface area contributed by atoms with E-state index < -0.39 is 12.5 Å². The first-order valence-corrected chi connectivity index (χ1v) is 7.93. The summed E-state index contributed by atoms with van der Waals surface area (Å²) >= 11 is 5.91. The summed E-state index contributed by atoms with van der Waals surface area (Å²) in [6.45, 7) is -2.79. The van der Waals surface area contributed by atoms with Gasteiger partial charge in [-0.1, -0.05) is 17.7 Å². The molecule has 0 aliphatic heterocycles. The van der Waals surface area contributed by atoms with Crippen molar-refractivity contribution in [3.05, 3.63) is 58.8 Å². The van der Waals surface area contributed by atoms with Crippen molar-refractivity contribution in [2.45, 2.75) is 13.2 Å². The van der Waals surface area contributed by atoms with Gasteiger partial charge in [0.05, 0.1) is 7.11 Å². The average molecular weight is 382 g/mol. The first-order valence-electron chi connectivity index (χ1n) is 7.55. The monoisotopic (exact) mass is 381 g/mol. The number of rotatable bonds is 6. The van der Waals surface area contributed by atoms with Crippen molar-refractivity contribution in [2.75, 3.05) is 7.11 Å². The second-order valence-electron chi connectivity index (χ2n) is 5.34. The third-order valence-corrected chi connectivity index (χ3v) is 3.83. The second kappa shape index (κ2) is 7.61. The van der Waals surface area contributed by atoms with Gasteiger partial charge in [-0.25, -0.2) is 0 Å². The normalized spacial score (nSPS) is 11.0. The number of alkyl halides is 2. The topological polar surface area (TPSA) is 60.7 Å². The fraction of sp³-hybridized carbons (Fsp3) is 0.167. The van der Waals surface area contributed by atoms with Crippen molar-refractivity contribution in [2.24, 2.45) is 0 Å². The molecule has 5 nitrogen and oxygen atoms in total. The summed E-state index contributed by atoms with van der Waals surface area (Å²) < 4.78 is 39.5. The molecular formula is C18H14ClF2NO4. The molecule has 1 amide bonds. The van der Waals surface area contributed by atoms with Crippen LogP contribution in [-0.4, -0.2) is 19.6 Å². The van der Waals surface area contributed by atoms with Crippen molar-refractivity contribution in [1.29, 1.82) is 0 Å². The molecule has 0 saturated heterocycles. The number of fused-ring (bicyclic) bond motifs is 1. The number of nitrogens with one attached hydrogen (secondary N) is 1. The Balaban J connectivity index is 1.70. The predicted octanol–water partition coefficient (Wildman–Crippen LogP) is 4.63. The number of furan rings is 1. The number of amides is 1. The number of methoxy groups -OCH3 is 1. The predicted molar refractivity (Wildman–Crippen MR) is 92.0 cm³/mol. The van der Waals surface area contributed by atoms with Crippen LogP contribution in [0, 0.1) is 0 Å². The Bertz CT molecular complexity index is 942. The van der Waals surface area contributed by atoms with E-state index in [4.69, 9.17) is 20.8 Å². The minimum absolute atomic E-state index is 0.0771. The van der Waals surface area contributed by atoms with Gasteiger partial charge in [-0.05, 0) is 42.0 Å². The molecule has 0 fully saturated rings. The molecule has 0 aliphatic carbocycles. The van der Waals surface area contributed by atoms with E-state index in [2.05, 4.69) is 10.1 Å². The van der Waals surface area contributed by atoms with Crippen molar-refractivity contribution in [1.82, 2.24) is 5.32 Å².